The number of aliphatic hydroxyl groups is 1. The van der Waals surface area contributed by atoms with Crippen LogP contribution in [0.1, 0.15) is 17.2 Å². The van der Waals surface area contributed by atoms with Crippen molar-refractivity contribution in [3.63, 3.8) is 0 Å². The van der Waals surface area contributed by atoms with Crippen molar-refractivity contribution in [2.45, 2.75) is 12.6 Å². The zero-order valence-electron chi connectivity index (χ0n) is 10.4. The Morgan fingerprint density at radius 1 is 1.11 bits per heavy atom. The molecule has 0 amide bonds. The van der Waals surface area contributed by atoms with Crippen LogP contribution in [0.4, 0.5) is 0 Å². The molecule has 0 saturated heterocycles. The zero-order chi connectivity index (χ0) is 13.7. The van der Waals surface area contributed by atoms with Crippen LogP contribution in [0.2, 0.25) is 5.02 Å². The number of benzene rings is 2. The van der Waals surface area contributed by atoms with Crippen LogP contribution in [-0.4, -0.2) is 11.7 Å². The van der Waals surface area contributed by atoms with Crippen molar-refractivity contribution >= 4 is 11.6 Å². The van der Waals surface area contributed by atoms with Crippen molar-refractivity contribution in [3.8, 4) is 5.75 Å². The summed E-state index contributed by atoms with van der Waals surface area (Å²) in [5, 5.41) is 9.81. The van der Waals surface area contributed by atoms with Gasteiger partial charge in [-0.1, -0.05) is 48.0 Å². The standard InChI is InChI=1S/C15H16ClNO2/c16-13-7-3-1-5-11(13)10-19-15-8-4-2-6-12(15)14(17)9-18/h1-8,14,18H,9-10,17H2/t14-/m1/s1. The Bertz CT molecular complexity index is 545. The summed E-state index contributed by atoms with van der Waals surface area (Å²) in [5.74, 6) is 0.670. The topological polar surface area (TPSA) is 55.5 Å². The van der Waals surface area contributed by atoms with Crippen molar-refractivity contribution in [1.82, 2.24) is 0 Å². The van der Waals surface area contributed by atoms with Gasteiger partial charge in [-0.3, -0.25) is 0 Å². The van der Waals surface area contributed by atoms with Gasteiger partial charge < -0.3 is 15.6 Å². The zero-order valence-corrected chi connectivity index (χ0v) is 11.2. The van der Waals surface area contributed by atoms with Gasteiger partial charge in [0.15, 0.2) is 0 Å². The van der Waals surface area contributed by atoms with E-state index in [0.29, 0.717) is 17.4 Å². The number of para-hydroxylation sites is 1. The Morgan fingerprint density at radius 3 is 2.53 bits per heavy atom. The maximum absolute atomic E-state index is 9.14. The van der Waals surface area contributed by atoms with Crippen LogP contribution in [0.15, 0.2) is 48.5 Å². The molecule has 2 aromatic rings. The minimum atomic E-state index is -0.442. The lowest BCUT2D eigenvalue weighted by molar-refractivity contribution is 0.257. The Balaban J connectivity index is 2.14. The summed E-state index contributed by atoms with van der Waals surface area (Å²) in [6.45, 7) is 0.251. The Hall–Kier alpha value is -1.55. The molecule has 0 radical (unpaired) electrons. The highest BCUT2D eigenvalue weighted by atomic mass is 35.5. The fourth-order valence-corrected chi connectivity index (χ4v) is 1.98. The first-order valence-electron chi connectivity index (χ1n) is 6.04. The van der Waals surface area contributed by atoms with Gasteiger partial charge >= 0.3 is 0 Å². The lowest BCUT2D eigenvalue weighted by Gasteiger charge is -2.15. The summed E-state index contributed by atoms with van der Waals surface area (Å²) in [7, 11) is 0. The van der Waals surface area contributed by atoms with E-state index in [1.54, 1.807) is 0 Å². The highest BCUT2D eigenvalue weighted by Gasteiger charge is 2.11. The van der Waals surface area contributed by atoms with E-state index in [2.05, 4.69) is 0 Å². The Kier molecular flexibility index (Phi) is 4.80. The summed E-state index contributed by atoms with van der Waals surface area (Å²) in [5.41, 5.74) is 7.54. The summed E-state index contributed by atoms with van der Waals surface area (Å²) in [4.78, 5) is 0. The molecule has 3 N–H and O–H groups in total. The molecule has 100 valence electrons. The molecule has 2 rings (SSSR count). The van der Waals surface area contributed by atoms with E-state index in [4.69, 9.17) is 27.2 Å². The fourth-order valence-electron chi connectivity index (χ4n) is 1.79. The maximum Gasteiger partial charge on any atom is 0.124 e. The number of ether oxygens (including phenoxy) is 1. The van der Waals surface area contributed by atoms with Crippen LogP contribution < -0.4 is 10.5 Å². The number of nitrogens with two attached hydrogens (primary N) is 1. The van der Waals surface area contributed by atoms with E-state index in [-0.39, 0.29) is 6.61 Å². The highest BCUT2D eigenvalue weighted by Crippen LogP contribution is 2.25. The Morgan fingerprint density at radius 2 is 1.79 bits per heavy atom. The van der Waals surface area contributed by atoms with Gasteiger partial charge in [0.1, 0.15) is 12.4 Å². The van der Waals surface area contributed by atoms with Crippen LogP contribution >= 0.6 is 11.6 Å². The summed E-state index contributed by atoms with van der Waals surface area (Å²) >= 11 is 6.08. The van der Waals surface area contributed by atoms with E-state index in [9.17, 15) is 0 Å². The lowest BCUT2D eigenvalue weighted by atomic mass is 10.1. The molecule has 19 heavy (non-hydrogen) atoms. The molecule has 0 aliphatic rings. The molecule has 0 heterocycles. The first-order chi connectivity index (χ1) is 9.22. The second kappa shape index (κ2) is 6.57. The number of aliphatic hydroxyl groups excluding tert-OH is 1. The van der Waals surface area contributed by atoms with Gasteiger partial charge in [-0.05, 0) is 12.1 Å². The van der Waals surface area contributed by atoms with E-state index < -0.39 is 6.04 Å². The lowest BCUT2D eigenvalue weighted by Crippen LogP contribution is -2.15. The highest BCUT2D eigenvalue weighted by molar-refractivity contribution is 6.31. The quantitative estimate of drug-likeness (QED) is 0.883. The smallest absolute Gasteiger partial charge is 0.124 e. The Labute approximate surface area is 117 Å². The maximum atomic E-state index is 9.14. The molecule has 0 unspecified atom stereocenters. The second-order valence-corrected chi connectivity index (χ2v) is 4.61. The molecule has 0 fully saturated rings. The van der Waals surface area contributed by atoms with Crippen molar-refractivity contribution in [2.75, 3.05) is 6.61 Å². The normalized spacial score (nSPS) is 12.2. The molecule has 0 spiro atoms. The molecule has 0 saturated carbocycles. The minimum absolute atomic E-state index is 0.119. The van der Waals surface area contributed by atoms with Crippen LogP contribution in [0.3, 0.4) is 0 Å². The molecule has 1 atom stereocenters. The summed E-state index contributed by atoms with van der Waals surface area (Å²) < 4.78 is 5.75. The van der Waals surface area contributed by atoms with Gasteiger partial charge in [-0.2, -0.15) is 0 Å². The number of hydrogen-bond donors (Lipinski definition) is 2. The third kappa shape index (κ3) is 3.47. The second-order valence-electron chi connectivity index (χ2n) is 4.21. The molecule has 0 aliphatic carbocycles. The summed E-state index contributed by atoms with van der Waals surface area (Å²) in [6, 6.07) is 14.5. The number of rotatable bonds is 5. The van der Waals surface area contributed by atoms with E-state index >= 15 is 0 Å². The van der Waals surface area contributed by atoms with Crippen LogP contribution in [0.25, 0.3) is 0 Å². The van der Waals surface area contributed by atoms with Crippen molar-refractivity contribution in [2.24, 2.45) is 5.73 Å². The van der Waals surface area contributed by atoms with Gasteiger partial charge in [0.2, 0.25) is 0 Å². The molecular weight excluding hydrogens is 262 g/mol. The molecular formula is C15H16ClNO2. The van der Waals surface area contributed by atoms with Crippen molar-refractivity contribution < 1.29 is 9.84 Å². The number of halogens is 1. The average molecular weight is 278 g/mol. The monoisotopic (exact) mass is 277 g/mol. The van der Waals surface area contributed by atoms with E-state index in [1.807, 2.05) is 48.5 Å². The first-order valence-corrected chi connectivity index (χ1v) is 6.41. The van der Waals surface area contributed by atoms with Crippen molar-refractivity contribution in [3.05, 3.63) is 64.7 Å². The number of hydrogen-bond acceptors (Lipinski definition) is 3. The van der Waals surface area contributed by atoms with Crippen LogP contribution in [0.5, 0.6) is 5.75 Å². The van der Waals surface area contributed by atoms with Gasteiger partial charge in [0, 0.05) is 16.1 Å². The molecule has 0 aromatic heterocycles. The van der Waals surface area contributed by atoms with Gasteiger partial charge in [0.25, 0.3) is 0 Å². The van der Waals surface area contributed by atoms with Crippen LogP contribution in [-0.2, 0) is 6.61 Å². The minimum Gasteiger partial charge on any atom is -0.489 e. The molecule has 0 bridgehead atoms. The predicted molar refractivity (Wildman–Crippen MR) is 76.2 cm³/mol. The molecule has 0 aliphatic heterocycles. The van der Waals surface area contributed by atoms with E-state index in [1.165, 1.54) is 0 Å². The predicted octanol–water partition coefficient (Wildman–Crippen LogP) is 2.91. The molecule has 4 heteroatoms. The van der Waals surface area contributed by atoms with Crippen LogP contribution in [0, 0.1) is 0 Å². The third-order valence-corrected chi connectivity index (χ3v) is 3.22. The SMILES string of the molecule is N[C@H](CO)c1ccccc1OCc1ccccc1Cl. The van der Waals surface area contributed by atoms with Gasteiger partial charge in [0.05, 0.1) is 12.6 Å². The molecule has 3 nitrogen and oxygen atoms in total. The third-order valence-electron chi connectivity index (χ3n) is 2.86. The first kappa shape index (κ1) is 13.9. The molecule has 2 aromatic carbocycles. The summed E-state index contributed by atoms with van der Waals surface area (Å²) in [6.07, 6.45) is 0. The van der Waals surface area contributed by atoms with Gasteiger partial charge in [-0.25, -0.2) is 0 Å². The van der Waals surface area contributed by atoms with Gasteiger partial charge in [-0.15, -0.1) is 0 Å². The largest absolute Gasteiger partial charge is 0.489 e. The fraction of sp³-hybridized carbons (Fsp3) is 0.200. The van der Waals surface area contributed by atoms with Crippen molar-refractivity contribution in [1.29, 1.82) is 0 Å². The average Bonchev–Trinajstić information content (AvgIpc) is 2.46. The van der Waals surface area contributed by atoms with E-state index in [0.717, 1.165) is 11.1 Å².